The van der Waals surface area contributed by atoms with E-state index in [4.69, 9.17) is 5.10 Å². The van der Waals surface area contributed by atoms with Crippen molar-refractivity contribution in [2.45, 2.75) is 39.2 Å². The van der Waals surface area contributed by atoms with Crippen LogP contribution in [-0.2, 0) is 0 Å². The van der Waals surface area contributed by atoms with Gasteiger partial charge in [-0.25, -0.2) is 0 Å². The van der Waals surface area contributed by atoms with E-state index in [-0.39, 0.29) is 0 Å². The Morgan fingerprint density at radius 1 is 1.26 bits per heavy atom. The Morgan fingerprint density at radius 3 is 2.79 bits per heavy atom. The molecule has 1 fully saturated rings. The zero-order chi connectivity index (χ0) is 13.2. The topological polar surface area (TPSA) is 17.8 Å². The molecule has 1 aliphatic carbocycles. The lowest BCUT2D eigenvalue weighted by Crippen LogP contribution is -2.17. The van der Waals surface area contributed by atoms with Gasteiger partial charge in [-0.1, -0.05) is 12.0 Å². The Labute approximate surface area is 114 Å². The molecule has 1 aromatic carbocycles. The van der Waals surface area contributed by atoms with E-state index in [9.17, 15) is 0 Å². The summed E-state index contributed by atoms with van der Waals surface area (Å²) in [5, 5.41) is 4.73. The first kappa shape index (κ1) is 12.0. The minimum Gasteiger partial charge on any atom is -0.269 e. The van der Waals surface area contributed by atoms with Gasteiger partial charge in [-0.15, -0.1) is 5.92 Å². The number of hydrogen-bond acceptors (Lipinski definition) is 1. The maximum absolute atomic E-state index is 4.73. The summed E-state index contributed by atoms with van der Waals surface area (Å²) in [6, 6.07) is 9.06. The standard InChI is InChI=1S/C17H18N2/c1-3-5-14-9-8-13(2)16(12-14)17-10-11-19(18-17)15-6-4-7-15/h8-12,15H,4,6-7H2,1-2H3. The molecule has 0 bridgehead atoms. The number of benzene rings is 1. The maximum atomic E-state index is 4.73. The summed E-state index contributed by atoms with van der Waals surface area (Å²) >= 11 is 0. The molecule has 19 heavy (non-hydrogen) atoms. The zero-order valence-corrected chi connectivity index (χ0v) is 11.5. The van der Waals surface area contributed by atoms with E-state index in [1.54, 1.807) is 0 Å². The van der Waals surface area contributed by atoms with Crippen LogP contribution < -0.4 is 0 Å². The predicted molar refractivity (Wildman–Crippen MR) is 77.8 cm³/mol. The van der Waals surface area contributed by atoms with Gasteiger partial charge in [0.25, 0.3) is 0 Å². The number of aromatic nitrogens is 2. The minimum absolute atomic E-state index is 0.618. The summed E-state index contributed by atoms with van der Waals surface area (Å²) in [5.74, 6) is 6.06. The van der Waals surface area contributed by atoms with Gasteiger partial charge in [0.05, 0.1) is 11.7 Å². The highest BCUT2D eigenvalue weighted by atomic mass is 15.3. The van der Waals surface area contributed by atoms with E-state index in [1.807, 2.05) is 6.92 Å². The SMILES string of the molecule is CC#Cc1ccc(C)c(-c2ccn(C3CCC3)n2)c1. The number of nitrogens with zero attached hydrogens (tertiary/aromatic N) is 2. The van der Waals surface area contributed by atoms with Gasteiger partial charge >= 0.3 is 0 Å². The first-order valence-corrected chi connectivity index (χ1v) is 6.87. The molecule has 1 saturated carbocycles. The lowest BCUT2D eigenvalue weighted by Gasteiger charge is -2.25. The Hall–Kier alpha value is -2.01. The molecule has 0 saturated heterocycles. The quantitative estimate of drug-likeness (QED) is 0.738. The van der Waals surface area contributed by atoms with Gasteiger partial charge in [0.1, 0.15) is 0 Å². The van der Waals surface area contributed by atoms with E-state index in [1.165, 1.54) is 30.4 Å². The molecular formula is C17H18N2. The van der Waals surface area contributed by atoms with Crippen LogP contribution in [0.1, 0.15) is 43.4 Å². The van der Waals surface area contributed by atoms with Crippen molar-refractivity contribution in [3.05, 3.63) is 41.6 Å². The van der Waals surface area contributed by atoms with Gasteiger partial charge in [0.15, 0.2) is 0 Å². The highest BCUT2D eigenvalue weighted by Gasteiger charge is 2.20. The number of rotatable bonds is 2. The molecule has 3 rings (SSSR count). The van der Waals surface area contributed by atoms with Crippen LogP contribution in [0, 0.1) is 18.8 Å². The Bertz CT molecular complexity index is 651. The summed E-state index contributed by atoms with van der Waals surface area (Å²) in [7, 11) is 0. The maximum Gasteiger partial charge on any atom is 0.0926 e. The van der Waals surface area contributed by atoms with Crippen molar-refractivity contribution in [2.75, 3.05) is 0 Å². The van der Waals surface area contributed by atoms with Crippen LogP contribution in [-0.4, -0.2) is 9.78 Å². The van der Waals surface area contributed by atoms with Crippen LogP contribution in [0.15, 0.2) is 30.5 Å². The monoisotopic (exact) mass is 250 g/mol. The molecule has 1 aromatic heterocycles. The fraction of sp³-hybridized carbons (Fsp3) is 0.353. The van der Waals surface area contributed by atoms with Crippen LogP contribution in [0.2, 0.25) is 0 Å². The van der Waals surface area contributed by atoms with E-state index >= 15 is 0 Å². The largest absolute Gasteiger partial charge is 0.269 e. The van der Waals surface area contributed by atoms with E-state index in [0.29, 0.717) is 6.04 Å². The zero-order valence-electron chi connectivity index (χ0n) is 11.5. The van der Waals surface area contributed by atoms with E-state index in [0.717, 1.165) is 11.3 Å². The van der Waals surface area contributed by atoms with Crippen molar-refractivity contribution in [1.29, 1.82) is 0 Å². The Morgan fingerprint density at radius 2 is 2.11 bits per heavy atom. The fourth-order valence-electron chi connectivity index (χ4n) is 2.46. The lowest BCUT2D eigenvalue weighted by atomic mass is 9.93. The second-order valence-corrected chi connectivity index (χ2v) is 5.17. The summed E-state index contributed by atoms with van der Waals surface area (Å²) in [4.78, 5) is 0. The van der Waals surface area contributed by atoms with Gasteiger partial charge in [-0.2, -0.15) is 5.10 Å². The van der Waals surface area contributed by atoms with Crippen molar-refractivity contribution in [3.8, 4) is 23.1 Å². The molecule has 0 aliphatic heterocycles. The summed E-state index contributed by atoms with van der Waals surface area (Å²) < 4.78 is 2.12. The molecule has 0 unspecified atom stereocenters. The number of hydrogen-bond donors (Lipinski definition) is 0. The molecule has 0 N–H and O–H groups in total. The van der Waals surface area contributed by atoms with Crippen LogP contribution in [0.25, 0.3) is 11.3 Å². The van der Waals surface area contributed by atoms with Crippen LogP contribution in [0.3, 0.4) is 0 Å². The molecule has 0 radical (unpaired) electrons. The Balaban J connectivity index is 1.97. The van der Waals surface area contributed by atoms with Crippen LogP contribution >= 0.6 is 0 Å². The van der Waals surface area contributed by atoms with Crippen LogP contribution in [0.4, 0.5) is 0 Å². The van der Waals surface area contributed by atoms with E-state index in [2.05, 4.69) is 53.9 Å². The van der Waals surface area contributed by atoms with Crippen molar-refractivity contribution >= 4 is 0 Å². The van der Waals surface area contributed by atoms with Crippen molar-refractivity contribution in [2.24, 2.45) is 0 Å². The summed E-state index contributed by atoms with van der Waals surface area (Å²) in [6.07, 6.45) is 5.97. The normalized spacial score (nSPS) is 14.6. The molecule has 2 aromatic rings. The highest BCUT2D eigenvalue weighted by molar-refractivity contribution is 5.65. The third-order valence-electron chi connectivity index (χ3n) is 3.84. The third kappa shape index (κ3) is 2.29. The first-order chi connectivity index (χ1) is 9.28. The Kier molecular flexibility index (Phi) is 3.13. The summed E-state index contributed by atoms with van der Waals surface area (Å²) in [6.45, 7) is 3.99. The fourth-order valence-corrected chi connectivity index (χ4v) is 2.46. The minimum atomic E-state index is 0.618. The molecule has 0 atom stereocenters. The van der Waals surface area contributed by atoms with Crippen molar-refractivity contribution < 1.29 is 0 Å². The smallest absolute Gasteiger partial charge is 0.0926 e. The highest BCUT2D eigenvalue weighted by Crippen LogP contribution is 2.32. The second-order valence-electron chi connectivity index (χ2n) is 5.17. The van der Waals surface area contributed by atoms with Gasteiger partial charge in [0, 0.05) is 17.3 Å². The molecule has 1 heterocycles. The predicted octanol–water partition coefficient (Wildman–Crippen LogP) is 3.95. The van der Waals surface area contributed by atoms with Gasteiger partial charge in [0.2, 0.25) is 0 Å². The molecule has 2 nitrogen and oxygen atoms in total. The first-order valence-electron chi connectivity index (χ1n) is 6.87. The third-order valence-corrected chi connectivity index (χ3v) is 3.84. The van der Waals surface area contributed by atoms with Gasteiger partial charge < -0.3 is 0 Å². The van der Waals surface area contributed by atoms with Gasteiger partial charge in [-0.05, 0) is 56.9 Å². The van der Waals surface area contributed by atoms with E-state index < -0.39 is 0 Å². The second kappa shape index (κ2) is 4.93. The van der Waals surface area contributed by atoms with Crippen LogP contribution in [0.5, 0.6) is 0 Å². The molecule has 0 amide bonds. The molecule has 2 heteroatoms. The average molecular weight is 250 g/mol. The molecule has 1 aliphatic rings. The molecular weight excluding hydrogens is 232 g/mol. The van der Waals surface area contributed by atoms with Gasteiger partial charge in [-0.3, -0.25) is 4.68 Å². The lowest BCUT2D eigenvalue weighted by molar-refractivity contribution is 0.290. The molecule has 96 valence electrons. The number of aryl methyl sites for hydroxylation is 1. The average Bonchev–Trinajstić information content (AvgIpc) is 2.79. The summed E-state index contributed by atoms with van der Waals surface area (Å²) in [5.41, 5.74) is 4.56. The molecule has 0 spiro atoms. The van der Waals surface area contributed by atoms with Crippen molar-refractivity contribution in [3.63, 3.8) is 0 Å². The van der Waals surface area contributed by atoms with Crippen molar-refractivity contribution in [1.82, 2.24) is 9.78 Å².